The first-order valence-corrected chi connectivity index (χ1v) is 7.94. The summed E-state index contributed by atoms with van der Waals surface area (Å²) in [7, 11) is 3.32. The van der Waals surface area contributed by atoms with E-state index < -0.39 is 0 Å². The van der Waals surface area contributed by atoms with Gasteiger partial charge in [-0.25, -0.2) is 4.99 Å². The number of hydrogen-bond acceptors (Lipinski definition) is 2. The molecule has 0 saturated carbocycles. The second-order valence-corrected chi connectivity index (χ2v) is 5.64. The van der Waals surface area contributed by atoms with Crippen molar-refractivity contribution in [3.05, 3.63) is 71.6 Å². The van der Waals surface area contributed by atoms with E-state index in [1.807, 2.05) is 54.9 Å². The highest BCUT2D eigenvalue weighted by atomic mass is 16.5. The van der Waals surface area contributed by atoms with E-state index in [2.05, 4.69) is 19.9 Å². The third-order valence-corrected chi connectivity index (χ3v) is 4.13. The molecule has 1 aliphatic heterocycles. The molecule has 3 aromatic rings. The standard InChI is InChI=1S/C19H18N4O2/c1-24-18-10-14(12-5-3-7-20-12)22-16(18)9-17-19(25-2)11-15(23-17)13-6-4-8-21-13/h3-11,20-22H,1-2H3/p+1. The Hall–Kier alpha value is -3.41. The molecular weight excluding hydrogens is 316 g/mol. The SMILES string of the molecule is COC1=CC(c2ccc[nH]2)=[NH+]C1=Cc1[nH]c(-c2ccc[nH]2)cc1OC. The quantitative estimate of drug-likeness (QED) is 0.574. The summed E-state index contributed by atoms with van der Waals surface area (Å²) < 4.78 is 11.0. The van der Waals surface area contributed by atoms with Gasteiger partial charge in [-0.1, -0.05) is 0 Å². The van der Waals surface area contributed by atoms with E-state index in [9.17, 15) is 0 Å². The predicted molar refractivity (Wildman–Crippen MR) is 96.1 cm³/mol. The minimum Gasteiger partial charge on any atom is -0.494 e. The Bertz CT molecular complexity index is 957. The summed E-state index contributed by atoms with van der Waals surface area (Å²) in [5, 5.41) is 0. The van der Waals surface area contributed by atoms with Gasteiger partial charge in [0.05, 0.1) is 37.4 Å². The second-order valence-electron chi connectivity index (χ2n) is 5.64. The van der Waals surface area contributed by atoms with Crippen LogP contribution in [-0.2, 0) is 4.74 Å². The lowest BCUT2D eigenvalue weighted by atomic mass is 10.2. The zero-order chi connectivity index (χ0) is 17.2. The Morgan fingerprint density at radius 2 is 1.72 bits per heavy atom. The van der Waals surface area contributed by atoms with Crippen molar-refractivity contribution in [2.75, 3.05) is 14.2 Å². The average molecular weight is 335 g/mol. The van der Waals surface area contributed by atoms with E-state index in [0.717, 1.165) is 45.7 Å². The van der Waals surface area contributed by atoms with Gasteiger partial charge in [-0.2, -0.15) is 0 Å². The van der Waals surface area contributed by atoms with Gasteiger partial charge in [0.2, 0.25) is 11.4 Å². The molecule has 0 spiro atoms. The van der Waals surface area contributed by atoms with Crippen molar-refractivity contribution in [3.8, 4) is 17.1 Å². The average Bonchev–Trinajstić information content (AvgIpc) is 3.40. The fraction of sp³-hybridized carbons (Fsp3) is 0.105. The molecule has 4 heterocycles. The van der Waals surface area contributed by atoms with Gasteiger partial charge in [0.1, 0.15) is 11.4 Å². The van der Waals surface area contributed by atoms with Crippen LogP contribution >= 0.6 is 0 Å². The molecule has 6 heteroatoms. The first-order chi connectivity index (χ1) is 12.3. The molecule has 4 rings (SSSR count). The van der Waals surface area contributed by atoms with E-state index in [1.165, 1.54) is 0 Å². The number of rotatable bonds is 5. The van der Waals surface area contributed by atoms with Crippen molar-refractivity contribution in [2.24, 2.45) is 0 Å². The van der Waals surface area contributed by atoms with Gasteiger partial charge >= 0.3 is 0 Å². The summed E-state index contributed by atoms with van der Waals surface area (Å²) >= 11 is 0. The van der Waals surface area contributed by atoms with Crippen molar-refractivity contribution >= 4 is 11.8 Å². The van der Waals surface area contributed by atoms with E-state index in [1.54, 1.807) is 14.2 Å². The number of methoxy groups -OCH3 is 2. The number of hydrogen-bond donors (Lipinski definition) is 4. The van der Waals surface area contributed by atoms with Crippen LogP contribution in [-0.4, -0.2) is 34.9 Å². The summed E-state index contributed by atoms with van der Waals surface area (Å²) in [5.41, 5.74) is 5.66. The van der Waals surface area contributed by atoms with Crippen LogP contribution < -0.4 is 9.73 Å². The largest absolute Gasteiger partial charge is 0.494 e. The van der Waals surface area contributed by atoms with Gasteiger partial charge < -0.3 is 24.4 Å². The Morgan fingerprint density at radius 3 is 2.36 bits per heavy atom. The molecule has 0 atom stereocenters. The lowest BCUT2D eigenvalue weighted by molar-refractivity contribution is -0.388. The minimum atomic E-state index is 0.766. The van der Waals surface area contributed by atoms with Crippen LogP contribution in [0.5, 0.6) is 5.75 Å². The van der Waals surface area contributed by atoms with Crippen LogP contribution in [0.15, 0.2) is 60.3 Å². The summed E-state index contributed by atoms with van der Waals surface area (Å²) in [4.78, 5) is 13.1. The molecule has 0 aromatic carbocycles. The minimum absolute atomic E-state index is 0.766. The monoisotopic (exact) mass is 335 g/mol. The van der Waals surface area contributed by atoms with Crippen LogP contribution in [0, 0.1) is 0 Å². The van der Waals surface area contributed by atoms with Crippen LogP contribution in [0.25, 0.3) is 17.5 Å². The highest BCUT2D eigenvalue weighted by molar-refractivity contribution is 6.05. The summed E-state index contributed by atoms with van der Waals surface area (Å²) in [6.45, 7) is 0. The third kappa shape index (κ3) is 2.78. The lowest BCUT2D eigenvalue weighted by Crippen LogP contribution is -2.68. The summed E-state index contributed by atoms with van der Waals surface area (Å²) in [6.07, 6.45) is 7.74. The van der Waals surface area contributed by atoms with Gasteiger partial charge in [-0.15, -0.1) is 0 Å². The molecule has 3 aromatic heterocycles. The number of nitrogens with one attached hydrogen (secondary N) is 4. The Kier molecular flexibility index (Phi) is 3.78. The smallest absolute Gasteiger partial charge is 0.248 e. The van der Waals surface area contributed by atoms with Crippen LogP contribution in [0.1, 0.15) is 11.4 Å². The van der Waals surface area contributed by atoms with E-state index in [0.29, 0.717) is 0 Å². The molecular formula is C19H19N4O2+. The molecule has 0 amide bonds. The molecule has 126 valence electrons. The molecule has 4 N–H and O–H groups in total. The molecule has 0 radical (unpaired) electrons. The van der Waals surface area contributed by atoms with Gasteiger partial charge in [0, 0.05) is 24.5 Å². The highest BCUT2D eigenvalue weighted by Crippen LogP contribution is 2.28. The zero-order valence-corrected chi connectivity index (χ0v) is 14.0. The van der Waals surface area contributed by atoms with Gasteiger partial charge in [-0.05, 0) is 24.3 Å². The zero-order valence-electron chi connectivity index (χ0n) is 14.0. The van der Waals surface area contributed by atoms with Gasteiger partial charge in [-0.3, -0.25) is 0 Å². The Balaban J connectivity index is 1.74. The summed E-state index contributed by atoms with van der Waals surface area (Å²) in [5.74, 6) is 1.53. The fourth-order valence-corrected chi connectivity index (χ4v) is 2.89. The normalized spacial score (nSPS) is 15.4. The third-order valence-electron chi connectivity index (χ3n) is 4.13. The Morgan fingerprint density at radius 1 is 0.960 bits per heavy atom. The predicted octanol–water partition coefficient (Wildman–Crippen LogP) is 1.80. The van der Waals surface area contributed by atoms with Crippen molar-refractivity contribution in [1.29, 1.82) is 0 Å². The number of aromatic nitrogens is 3. The van der Waals surface area contributed by atoms with E-state index in [4.69, 9.17) is 9.47 Å². The number of H-pyrrole nitrogens is 3. The highest BCUT2D eigenvalue weighted by Gasteiger charge is 2.25. The van der Waals surface area contributed by atoms with Crippen LogP contribution in [0.3, 0.4) is 0 Å². The molecule has 6 nitrogen and oxygen atoms in total. The molecule has 0 bridgehead atoms. The molecule has 0 unspecified atom stereocenters. The summed E-state index contributed by atoms with van der Waals surface area (Å²) in [6, 6.07) is 9.91. The van der Waals surface area contributed by atoms with Crippen molar-refractivity contribution in [1.82, 2.24) is 15.0 Å². The van der Waals surface area contributed by atoms with E-state index >= 15 is 0 Å². The van der Waals surface area contributed by atoms with Crippen molar-refractivity contribution < 1.29 is 14.5 Å². The second kappa shape index (κ2) is 6.24. The topological polar surface area (TPSA) is 79.8 Å². The van der Waals surface area contributed by atoms with Gasteiger partial charge in [0.15, 0.2) is 5.76 Å². The first kappa shape index (κ1) is 15.1. The molecule has 1 aliphatic rings. The van der Waals surface area contributed by atoms with Gasteiger partial charge in [0.25, 0.3) is 0 Å². The number of allylic oxidation sites excluding steroid dienone is 1. The lowest BCUT2D eigenvalue weighted by Gasteiger charge is -1.98. The molecule has 0 saturated heterocycles. The maximum absolute atomic E-state index is 5.51. The van der Waals surface area contributed by atoms with Crippen molar-refractivity contribution in [3.63, 3.8) is 0 Å². The van der Waals surface area contributed by atoms with Crippen LogP contribution in [0.2, 0.25) is 0 Å². The molecule has 0 fully saturated rings. The molecule has 0 aliphatic carbocycles. The molecule has 25 heavy (non-hydrogen) atoms. The number of aromatic amines is 3. The van der Waals surface area contributed by atoms with Crippen molar-refractivity contribution in [2.45, 2.75) is 0 Å². The Labute approximate surface area is 144 Å². The van der Waals surface area contributed by atoms with Crippen LogP contribution in [0.4, 0.5) is 0 Å². The maximum atomic E-state index is 5.51. The maximum Gasteiger partial charge on any atom is 0.248 e. The first-order valence-electron chi connectivity index (χ1n) is 7.94. The fourth-order valence-electron chi connectivity index (χ4n) is 2.89. The van der Waals surface area contributed by atoms with E-state index in [-0.39, 0.29) is 0 Å². The number of ether oxygens (including phenoxy) is 2.